The zero-order valence-electron chi connectivity index (χ0n) is 5.31. The molecule has 2 nitrogen and oxygen atoms in total. The van der Waals surface area contributed by atoms with E-state index in [1.165, 1.54) is 12.1 Å². The maximum atomic E-state index is 12.8. The minimum atomic E-state index is -0.729. The minimum absolute atomic E-state index is 0.0726. The maximum absolute atomic E-state index is 12.8. The Kier molecular flexibility index (Phi) is 2.11. The fourth-order valence-electron chi connectivity index (χ4n) is 0.626. The van der Waals surface area contributed by atoms with E-state index in [1.807, 2.05) is 0 Å². The largest absolute Gasteiger partial charge is 0.507 e. The first-order valence-electron chi connectivity index (χ1n) is 2.74. The van der Waals surface area contributed by atoms with Gasteiger partial charge in [0.2, 0.25) is 0 Å². The standard InChI is InChI=1S/C7H3BrFNO/c8-6-5(11)2-1-4(3-10)7(6)9/h1-2,11H. The van der Waals surface area contributed by atoms with Gasteiger partial charge in [0.1, 0.15) is 11.8 Å². The molecule has 0 heterocycles. The van der Waals surface area contributed by atoms with Gasteiger partial charge in [-0.3, -0.25) is 0 Å². The van der Waals surface area contributed by atoms with E-state index in [0.29, 0.717) is 0 Å². The van der Waals surface area contributed by atoms with Crippen LogP contribution in [-0.2, 0) is 0 Å². The second-order valence-corrected chi connectivity index (χ2v) is 2.67. The normalized spacial score (nSPS) is 9.18. The van der Waals surface area contributed by atoms with Gasteiger partial charge in [-0.05, 0) is 28.1 Å². The van der Waals surface area contributed by atoms with Crippen LogP contribution in [0.4, 0.5) is 4.39 Å². The molecule has 0 atom stereocenters. The molecule has 1 aromatic carbocycles. The van der Waals surface area contributed by atoms with E-state index in [4.69, 9.17) is 10.4 Å². The van der Waals surface area contributed by atoms with Gasteiger partial charge in [0.15, 0.2) is 5.82 Å². The molecule has 1 N–H and O–H groups in total. The van der Waals surface area contributed by atoms with Crippen molar-refractivity contribution in [3.63, 3.8) is 0 Å². The molecule has 0 saturated heterocycles. The van der Waals surface area contributed by atoms with Crippen LogP contribution < -0.4 is 0 Å². The number of benzene rings is 1. The first kappa shape index (κ1) is 8.02. The topological polar surface area (TPSA) is 44.0 Å². The fourth-order valence-corrected chi connectivity index (χ4v) is 0.971. The molecule has 56 valence electrons. The first-order chi connectivity index (χ1) is 5.16. The highest BCUT2D eigenvalue weighted by molar-refractivity contribution is 9.10. The third kappa shape index (κ3) is 1.33. The van der Waals surface area contributed by atoms with Crippen LogP contribution in [-0.4, -0.2) is 5.11 Å². The Hall–Kier alpha value is -1.08. The first-order valence-corrected chi connectivity index (χ1v) is 3.53. The average molecular weight is 216 g/mol. The van der Waals surface area contributed by atoms with Crippen LogP contribution in [0.1, 0.15) is 5.56 Å². The van der Waals surface area contributed by atoms with Gasteiger partial charge in [-0.1, -0.05) is 0 Å². The minimum Gasteiger partial charge on any atom is -0.507 e. The zero-order valence-corrected chi connectivity index (χ0v) is 6.89. The number of rotatable bonds is 0. The number of halogens is 2. The Balaban J connectivity index is 3.40. The zero-order chi connectivity index (χ0) is 8.43. The van der Waals surface area contributed by atoms with Crippen LogP contribution in [0.15, 0.2) is 16.6 Å². The molecular weight excluding hydrogens is 213 g/mol. The van der Waals surface area contributed by atoms with Gasteiger partial charge in [-0.2, -0.15) is 5.26 Å². The Morgan fingerprint density at radius 1 is 1.55 bits per heavy atom. The average Bonchev–Trinajstić information content (AvgIpc) is 2.01. The summed E-state index contributed by atoms with van der Waals surface area (Å²) in [5.41, 5.74) is -0.0883. The van der Waals surface area contributed by atoms with E-state index in [-0.39, 0.29) is 15.8 Å². The smallest absolute Gasteiger partial charge is 0.158 e. The van der Waals surface area contributed by atoms with Crippen molar-refractivity contribution in [1.29, 1.82) is 5.26 Å². The summed E-state index contributed by atoms with van der Waals surface area (Å²) >= 11 is 2.79. The van der Waals surface area contributed by atoms with Crippen molar-refractivity contribution in [2.45, 2.75) is 0 Å². The van der Waals surface area contributed by atoms with Crippen molar-refractivity contribution in [2.24, 2.45) is 0 Å². The molecule has 1 rings (SSSR count). The Morgan fingerprint density at radius 3 is 2.73 bits per heavy atom. The van der Waals surface area contributed by atoms with Crippen LogP contribution >= 0.6 is 15.9 Å². The lowest BCUT2D eigenvalue weighted by Gasteiger charge is -1.98. The highest BCUT2D eigenvalue weighted by atomic mass is 79.9. The lowest BCUT2D eigenvalue weighted by Crippen LogP contribution is -1.84. The highest BCUT2D eigenvalue weighted by Gasteiger charge is 2.08. The molecule has 0 aliphatic carbocycles. The lowest BCUT2D eigenvalue weighted by atomic mass is 10.2. The molecular formula is C7H3BrFNO. The summed E-state index contributed by atoms with van der Waals surface area (Å²) in [6, 6.07) is 4.12. The second kappa shape index (κ2) is 2.89. The molecule has 0 amide bonds. The quantitative estimate of drug-likeness (QED) is 0.722. The number of nitrogens with zero attached hydrogens (tertiary/aromatic N) is 1. The van der Waals surface area contributed by atoms with Gasteiger partial charge in [0.25, 0.3) is 0 Å². The van der Waals surface area contributed by atoms with Crippen LogP contribution in [0.3, 0.4) is 0 Å². The predicted octanol–water partition coefficient (Wildman–Crippen LogP) is 2.17. The van der Waals surface area contributed by atoms with Crippen molar-refractivity contribution < 1.29 is 9.50 Å². The van der Waals surface area contributed by atoms with Crippen LogP contribution in [0, 0.1) is 17.1 Å². The van der Waals surface area contributed by atoms with Gasteiger partial charge < -0.3 is 5.11 Å². The van der Waals surface area contributed by atoms with Gasteiger partial charge in [0.05, 0.1) is 10.0 Å². The number of phenolic OH excluding ortho intramolecular Hbond substituents is 1. The number of nitriles is 1. The molecule has 0 radical (unpaired) electrons. The van der Waals surface area contributed by atoms with Crippen molar-refractivity contribution in [3.8, 4) is 11.8 Å². The van der Waals surface area contributed by atoms with E-state index in [2.05, 4.69) is 15.9 Å². The predicted molar refractivity (Wildman–Crippen MR) is 40.5 cm³/mol. The summed E-state index contributed by atoms with van der Waals surface area (Å²) in [5, 5.41) is 17.3. The molecule has 0 fully saturated rings. The van der Waals surface area contributed by atoms with Gasteiger partial charge in [-0.15, -0.1) is 0 Å². The highest BCUT2D eigenvalue weighted by Crippen LogP contribution is 2.27. The maximum Gasteiger partial charge on any atom is 0.158 e. The van der Waals surface area contributed by atoms with E-state index >= 15 is 0 Å². The second-order valence-electron chi connectivity index (χ2n) is 1.87. The monoisotopic (exact) mass is 215 g/mol. The van der Waals surface area contributed by atoms with Crippen molar-refractivity contribution in [3.05, 3.63) is 28.0 Å². The molecule has 0 aliphatic rings. The van der Waals surface area contributed by atoms with Crippen LogP contribution in [0.25, 0.3) is 0 Å². The molecule has 0 aromatic heterocycles. The van der Waals surface area contributed by atoms with E-state index < -0.39 is 5.82 Å². The summed E-state index contributed by atoms with van der Waals surface area (Å²) < 4.78 is 12.8. The van der Waals surface area contributed by atoms with Gasteiger partial charge >= 0.3 is 0 Å². The number of aromatic hydroxyl groups is 1. The molecule has 0 unspecified atom stereocenters. The summed E-state index contributed by atoms with van der Waals surface area (Å²) in [5.74, 6) is -0.936. The van der Waals surface area contributed by atoms with Crippen LogP contribution in [0.2, 0.25) is 0 Å². The number of hydrogen-bond acceptors (Lipinski definition) is 2. The number of hydrogen-bond donors (Lipinski definition) is 1. The lowest BCUT2D eigenvalue weighted by molar-refractivity contribution is 0.464. The molecule has 0 aliphatic heterocycles. The van der Waals surface area contributed by atoms with E-state index in [9.17, 15) is 4.39 Å². The Morgan fingerprint density at radius 2 is 2.18 bits per heavy atom. The Labute approximate surface area is 71.0 Å². The molecule has 0 spiro atoms. The van der Waals surface area contributed by atoms with Crippen LogP contribution in [0.5, 0.6) is 5.75 Å². The van der Waals surface area contributed by atoms with E-state index in [1.54, 1.807) is 6.07 Å². The Bertz CT molecular complexity index is 332. The summed E-state index contributed by atoms with van der Waals surface area (Å²) in [6.45, 7) is 0. The molecule has 11 heavy (non-hydrogen) atoms. The van der Waals surface area contributed by atoms with Crippen molar-refractivity contribution in [2.75, 3.05) is 0 Å². The SMILES string of the molecule is N#Cc1ccc(O)c(Br)c1F. The van der Waals surface area contributed by atoms with Crippen molar-refractivity contribution in [1.82, 2.24) is 0 Å². The summed E-state index contributed by atoms with van der Waals surface area (Å²) in [4.78, 5) is 0. The van der Waals surface area contributed by atoms with Crippen molar-refractivity contribution >= 4 is 15.9 Å². The molecule has 4 heteroatoms. The molecule has 0 bridgehead atoms. The fraction of sp³-hybridized carbons (Fsp3) is 0. The number of phenols is 1. The third-order valence-corrected chi connectivity index (χ3v) is 1.94. The van der Waals surface area contributed by atoms with Gasteiger partial charge in [-0.25, -0.2) is 4.39 Å². The van der Waals surface area contributed by atoms with Gasteiger partial charge in [0, 0.05) is 0 Å². The summed E-state index contributed by atoms with van der Waals surface area (Å²) in [6.07, 6.45) is 0. The van der Waals surface area contributed by atoms with E-state index in [0.717, 1.165) is 0 Å². The molecule has 1 aromatic rings. The summed E-state index contributed by atoms with van der Waals surface area (Å²) in [7, 11) is 0. The third-order valence-electron chi connectivity index (χ3n) is 1.18. The molecule has 0 saturated carbocycles.